The molecule has 0 unspecified atom stereocenters. The van der Waals surface area contributed by atoms with Crippen LogP contribution in [0.5, 0.6) is 0 Å². The summed E-state index contributed by atoms with van der Waals surface area (Å²) < 4.78 is 0. The summed E-state index contributed by atoms with van der Waals surface area (Å²) in [5.74, 6) is 0. The molecule has 0 saturated carbocycles. The molecular formula is C41H43N2P. The molecule has 0 atom stereocenters. The fourth-order valence-corrected chi connectivity index (χ4v) is 8.70. The molecule has 0 fully saturated rings. The highest BCUT2D eigenvalue weighted by Gasteiger charge is 2.30. The van der Waals surface area contributed by atoms with Crippen molar-refractivity contribution in [2.75, 3.05) is 12.7 Å². The molecule has 0 radical (unpaired) electrons. The van der Waals surface area contributed by atoms with Gasteiger partial charge in [0.25, 0.3) is 0 Å². The van der Waals surface area contributed by atoms with Crippen molar-refractivity contribution in [3.8, 4) is 0 Å². The third-order valence-corrected chi connectivity index (χ3v) is 11.1. The van der Waals surface area contributed by atoms with Crippen LogP contribution in [0, 0.1) is 6.92 Å². The van der Waals surface area contributed by atoms with Crippen LogP contribution >= 0.6 is 7.92 Å². The quantitative estimate of drug-likeness (QED) is 0.175. The topological polar surface area (TPSA) is 24.7 Å². The highest BCUT2D eigenvalue weighted by Crippen LogP contribution is 2.41. The van der Waals surface area contributed by atoms with Crippen LogP contribution in [-0.4, -0.2) is 24.1 Å². The standard InChI is InChI=1S/C41H43N2P/c1-28-34(40(2,3)4)24-25-35(41(5,6)7)37(28)43-39-33-23-15-17-29-16-14-22-32(36(29)33)38(39)42-26-27-44(30-18-10-8-11-19-30)31-20-12-9-13-21-31/h8-25H,26-27H2,1-7H3/b42-38+,43-39+. The molecule has 0 saturated heterocycles. The van der Waals surface area contributed by atoms with Gasteiger partial charge in [-0.15, -0.1) is 0 Å². The molecule has 0 amide bonds. The van der Waals surface area contributed by atoms with E-state index < -0.39 is 7.92 Å². The molecule has 1 aliphatic carbocycles. The van der Waals surface area contributed by atoms with Crippen LogP contribution in [0.25, 0.3) is 10.8 Å². The zero-order valence-electron chi connectivity index (χ0n) is 27.1. The van der Waals surface area contributed by atoms with E-state index >= 15 is 0 Å². The zero-order valence-corrected chi connectivity index (χ0v) is 28.0. The first-order valence-corrected chi connectivity index (χ1v) is 17.2. The van der Waals surface area contributed by atoms with Crippen molar-refractivity contribution in [3.63, 3.8) is 0 Å². The van der Waals surface area contributed by atoms with Crippen LogP contribution < -0.4 is 10.6 Å². The Morgan fingerprint density at radius 2 is 1.09 bits per heavy atom. The summed E-state index contributed by atoms with van der Waals surface area (Å²) in [5, 5.41) is 5.29. The number of aliphatic imine (C=N–C) groups is 2. The molecule has 6 rings (SSSR count). The van der Waals surface area contributed by atoms with Crippen LogP contribution in [0.3, 0.4) is 0 Å². The summed E-state index contributed by atoms with van der Waals surface area (Å²) in [5.41, 5.74) is 9.35. The fourth-order valence-electron chi connectivity index (χ4n) is 6.52. The van der Waals surface area contributed by atoms with E-state index in [-0.39, 0.29) is 10.8 Å². The monoisotopic (exact) mass is 594 g/mol. The minimum Gasteiger partial charge on any atom is -0.282 e. The van der Waals surface area contributed by atoms with Gasteiger partial charge in [-0.1, -0.05) is 151 Å². The van der Waals surface area contributed by atoms with E-state index in [1.54, 1.807) is 0 Å². The molecule has 0 bridgehead atoms. The maximum absolute atomic E-state index is 5.62. The second-order valence-corrected chi connectivity index (χ2v) is 16.2. The van der Waals surface area contributed by atoms with E-state index in [0.29, 0.717) is 0 Å². The van der Waals surface area contributed by atoms with E-state index in [4.69, 9.17) is 9.98 Å². The Morgan fingerprint density at radius 3 is 1.64 bits per heavy atom. The Kier molecular flexibility index (Phi) is 8.16. The van der Waals surface area contributed by atoms with E-state index in [1.165, 1.54) is 49.2 Å². The van der Waals surface area contributed by atoms with Crippen molar-refractivity contribution < 1.29 is 0 Å². The molecule has 5 aromatic carbocycles. The van der Waals surface area contributed by atoms with Crippen molar-refractivity contribution in [2.45, 2.75) is 59.3 Å². The van der Waals surface area contributed by atoms with Gasteiger partial charge >= 0.3 is 0 Å². The normalized spacial score (nSPS) is 15.2. The van der Waals surface area contributed by atoms with Gasteiger partial charge in [0.2, 0.25) is 0 Å². The Bertz CT molecular complexity index is 1830. The lowest BCUT2D eigenvalue weighted by Gasteiger charge is -2.28. The smallest absolute Gasteiger partial charge is 0.0974 e. The summed E-state index contributed by atoms with van der Waals surface area (Å²) in [7, 11) is -0.526. The lowest BCUT2D eigenvalue weighted by atomic mass is 9.78. The first kappa shape index (κ1) is 30.2. The van der Waals surface area contributed by atoms with Gasteiger partial charge in [-0.05, 0) is 64.5 Å². The first-order valence-electron chi connectivity index (χ1n) is 15.7. The van der Waals surface area contributed by atoms with Gasteiger partial charge < -0.3 is 0 Å². The number of hydrogen-bond donors (Lipinski definition) is 0. The van der Waals surface area contributed by atoms with Crippen LogP contribution in [-0.2, 0) is 10.8 Å². The predicted octanol–water partition coefficient (Wildman–Crippen LogP) is 9.80. The van der Waals surface area contributed by atoms with E-state index in [2.05, 4.69) is 158 Å². The van der Waals surface area contributed by atoms with Crippen LogP contribution in [0.4, 0.5) is 5.69 Å². The maximum Gasteiger partial charge on any atom is 0.0974 e. The first-order chi connectivity index (χ1) is 21.0. The highest BCUT2D eigenvalue weighted by molar-refractivity contribution is 7.73. The molecule has 0 spiro atoms. The largest absolute Gasteiger partial charge is 0.282 e. The summed E-state index contributed by atoms with van der Waals surface area (Å²) in [6.45, 7) is 16.7. The number of benzene rings is 5. The molecular weight excluding hydrogens is 551 g/mol. The van der Waals surface area contributed by atoms with Gasteiger partial charge in [0.05, 0.1) is 17.1 Å². The summed E-state index contributed by atoms with van der Waals surface area (Å²) >= 11 is 0. The van der Waals surface area contributed by atoms with Crippen LogP contribution in [0.1, 0.15) is 69.4 Å². The Balaban J connectivity index is 1.50. The van der Waals surface area contributed by atoms with Gasteiger partial charge in [-0.25, -0.2) is 4.99 Å². The maximum atomic E-state index is 5.62. The minimum atomic E-state index is -0.526. The molecule has 1 aliphatic rings. The van der Waals surface area contributed by atoms with Crippen molar-refractivity contribution >= 4 is 46.4 Å². The van der Waals surface area contributed by atoms with E-state index in [1.807, 2.05) is 0 Å². The van der Waals surface area contributed by atoms with Crippen molar-refractivity contribution in [3.05, 3.63) is 137 Å². The number of rotatable bonds is 6. The van der Waals surface area contributed by atoms with E-state index in [0.717, 1.165) is 29.8 Å². The number of hydrogen-bond acceptors (Lipinski definition) is 2. The van der Waals surface area contributed by atoms with Crippen molar-refractivity contribution in [1.29, 1.82) is 0 Å². The second kappa shape index (κ2) is 11.9. The number of nitrogens with zero attached hydrogens (tertiary/aromatic N) is 2. The fraction of sp³-hybridized carbons (Fsp3) is 0.268. The van der Waals surface area contributed by atoms with Crippen molar-refractivity contribution in [1.82, 2.24) is 0 Å². The highest BCUT2D eigenvalue weighted by atomic mass is 31.1. The molecule has 44 heavy (non-hydrogen) atoms. The Labute approximate surface area is 264 Å². The Hall–Kier alpha value is -3.87. The third kappa shape index (κ3) is 5.81. The molecule has 0 N–H and O–H groups in total. The van der Waals surface area contributed by atoms with Gasteiger partial charge in [-0.2, -0.15) is 0 Å². The molecule has 5 aromatic rings. The zero-order chi connectivity index (χ0) is 31.1. The molecule has 3 heteroatoms. The van der Waals surface area contributed by atoms with Gasteiger partial charge in [0.1, 0.15) is 0 Å². The average molecular weight is 595 g/mol. The molecule has 222 valence electrons. The van der Waals surface area contributed by atoms with Gasteiger partial charge in [-0.3, -0.25) is 4.99 Å². The molecule has 0 aromatic heterocycles. The predicted molar refractivity (Wildman–Crippen MR) is 194 cm³/mol. The lowest BCUT2D eigenvalue weighted by molar-refractivity contribution is 0.574. The van der Waals surface area contributed by atoms with E-state index in [9.17, 15) is 0 Å². The molecule has 0 aliphatic heterocycles. The van der Waals surface area contributed by atoms with Crippen LogP contribution in [0.15, 0.2) is 119 Å². The van der Waals surface area contributed by atoms with Crippen molar-refractivity contribution in [2.24, 2.45) is 9.98 Å². The molecule has 2 nitrogen and oxygen atoms in total. The summed E-state index contributed by atoms with van der Waals surface area (Å²) in [6.07, 6.45) is 0.984. The summed E-state index contributed by atoms with van der Waals surface area (Å²) in [4.78, 5) is 11.1. The second-order valence-electron chi connectivity index (χ2n) is 13.9. The lowest BCUT2D eigenvalue weighted by Crippen LogP contribution is -2.19. The third-order valence-electron chi connectivity index (χ3n) is 8.64. The van der Waals surface area contributed by atoms with Gasteiger partial charge in [0, 0.05) is 23.1 Å². The minimum absolute atomic E-state index is 0.0249. The summed E-state index contributed by atoms with van der Waals surface area (Å²) in [6, 6.07) is 39.7. The molecule has 0 heterocycles. The van der Waals surface area contributed by atoms with Gasteiger partial charge in [0.15, 0.2) is 0 Å². The SMILES string of the molecule is Cc1c(C(C)(C)C)ccc(C(C)(C)C)c1/N=C1/C(=N/CCP(c2ccccc2)c2ccccc2)c2cccc3cccc1c23. The average Bonchev–Trinajstić information content (AvgIpc) is 3.29. The van der Waals surface area contributed by atoms with Crippen LogP contribution in [0.2, 0.25) is 0 Å². The Morgan fingerprint density at radius 1 is 0.568 bits per heavy atom.